The van der Waals surface area contributed by atoms with Crippen LogP contribution in [0.2, 0.25) is 0 Å². The van der Waals surface area contributed by atoms with Crippen molar-refractivity contribution in [3.8, 4) is 5.75 Å². The molecule has 1 aromatic heterocycles. The molecule has 0 radical (unpaired) electrons. The van der Waals surface area contributed by atoms with Gasteiger partial charge in [-0.3, -0.25) is 4.79 Å². The second kappa shape index (κ2) is 9.41. The summed E-state index contributed by atoms with van der Waals surface area (Å²) in [6.07, 6.45) is 7.26. The largest absolute Gasteiger partial charge is 0.495 e. The van der Waals surface area contributed by atoms with Crippen molar-refractivity contribution in [2.45, 2.75) is 62.9 Å². The highest BCUT2D eigenvalue weighted by Gasteiger charge is 2.26. The second-order valence-corrected chi connectivity index (χ2v) is 8.90. The Morgan fingerprint density at radius 1 is 1.28 bits per heavy atom. The molecule has 1 fully saturated rings. The number of carbonyl (C=O) groups excluding carboxylic acids is 1. The molecule has 9 heteroatoms. The Morgan fingerprint density at radius 3 is 2.72 bits per heavy atom. The second-order valence-electron chi connectivity index (χ2n) is 7.22. The summed E-state index contributed by atoms with van der Waals surface area (Å²) < 4.78 is 35.5. The lowest BCUT2D eigenvalue weighted by molar-refractivity contribution is 0.102. The van der Waals surface area contributed by atoms with Crippen molar-refractivity contribution < 1.29 is 17.9 Å². The number of anilines is 1. The number of nitrogens with zero attached hydrogens (tertiary/aromatic N) is 2. The Balaban J connectivity index is 1.82. The number of unbranched alkanes of at least 4 members (excludes halogenated alkanes) is 1. The number of amides is 1. The third-order valence-corrected chi connectivity index (χ3v) is 6.62. The van der Waals surface area contributed by atoms with Gasteiger partial charge in [-0.25, -0.2) is 17.8 Å². The van der Waals surface area contributed by atoms with Crippen LogP contribution in [0.3, 0.4) is 0 Å². The van der Waals surface area contributed by atoms with E-state index < -0.39 is 15.9 Å². The standard InChI is InChI=1S/C20H28N4O4S/c1-3-4-13-24-19(11-12-21-24)22-20(25)15-9-10-17(28-2)18(14-15)29(26,27)23-16-7-5-6-8-16/h9-12,14,16,23H,3-8,13H2,1-2H3,(H,22,25). The normalized spacial score (nSPS) is 14.8. The van der Waals surface area contributed by atoms with Crippen molar-refractivity contribution in [2.75, 3.05) is 12.4 Å². The predicted molar refractivity (Wildman–Crippen MR) is 111 cm³/mol. The third kappa shape index (κ3) is 5.16. The van der Waals surface area contributed by atoms with Crippen molar-refractivity contribution in [1.82, 2.24) is 14.5 Å². The molecule has 1 heterocycles. The van der Waals surface area contributed by atoms with Gasteiger partial charge in [0.15, 0.2) is 0 Å². The minimum absolute atomic E-state index is 0.0287. The fourth-order valence-corrected chi connectivity index (χ4v) is 4.97. The van der Waals surface area contributed by atoms with E-state index in [1.807, 2.05) is 0 Å². The number of aromatic nitrogens is 2. The molecule has 0 saturated heterocycles. The fraction of sp³-hybridized carbons (Fsp3) is 0.500. The molecule has 1 aliphatic carbocycles. The molecule has 2 N–H and O–H groups in total. The summed E-state index contributed by atoms with van der Waals surface area (Å²) in [6, 6.07) is 6.06. The van der Waals surface area contributed by atoms with Gasteiger partial charge in [0, 0.05) is 24.2 Å². The quantitative estimate of drug-likeness (QED) is 0.649. The first kappa shape index (κ1) is 21.3. The molecule has 1 amide bonds. The molecule has 0 aliphatic heterocycles. The molecule has 8 nitrogen and oxygen atoms in total. The van der Waals surface area contributed by atoms with E-state index in [1.54, 1.807) is 23.0 Å². The Hall–Kier alpha value is -2.39. The lowest BCUT2D eigenvalue weighted by atomic mass is 10.2. The van der Waals surface area contributed by atoms with E-state index in [-0.39, 0.29) is 22.3 Å². The number of benzene rings is 1. The van der Waals surface area contributed by atoms with E-state index in [2.05, 4.69) is 22.1 Å². The summed E-state index contributed by atoms with van der Waals surface area (Å²) in [5.41, 5.74) is 0.237. The number of rotatable bonds is 9. The third-order valence-electron chi connectivity index (χ3n) is 5.07. The van der Waals surface area contributed by atoms with Gasteiger partial charge in [0.1, 0.15) is 16.5 Å². The van der Waals surface area contributed by atoms with Gasteiger partial charge in [0.2, 0.25) is 10.0 Å². The van der Waals surface area contributed by atoms with Crippen molar-refractivity contribution in [3.05, 3.63) is 36.0 Å². The zero-order valence-corrected chi connectivity index (χ0v) is 17.7. The van der Waals surface area contributed by atoms with E-state index in [0.29, 0.717) is 12.4 Å². The van der Waals surface area contributed by atoms with Crippen LogP contribution in [0.15, 0.2) is 35.4 Å². The predicted octanol–water partition coefficient (Wildman–Crippen LogP) is 3.17. The van der Waals surface area contributed by atoms with Gasteiger partial charge in [0.25, 0.3) is 5.91 Å². The van der Waals surface area contributed by atoms with Gasteiger partial charge < -0.3 is 10.1 Å². The van der Waals surface area contributed by atoms with Crippen LogP contribution >= 0.6 is 0 Å². The summed E-state index contributed by atoms with van der Waals surface area (Å²) >= 11 is 0. The molecule has 1 saturated carbocycles. The maximum absolute atomic E-state index is 12.9. The van der Waals surface area contributed by atoms with E-state index >= 15 is 0 Å². The minimum Gasteiger partial charge on any atom is -0.495 e. The molecular weight excluding hydrogens is 392 g/mol. The molecule has 158 valence electrons. The van der Waals surface area contributed by atoms with E-state index in [0.717, 1.165) is 38.5 Å². The molecule has 1 aromatic carbocycles. The maximum atomic E-state index is 12.9. The Labute approximate surface area is 171 Å². The number of methoxy groups -OCH3 is 1. The molecule has 1 aliphatic rings. The number of aryl methyl sites for hydroxylation is 1. The van der Waals surface area contributed by atoms with Gasteiger partial charge >= 0.3 is 0 Å². The first-order valence-corrected chi connectivity index (χ1v) is 11.5. The highest BCUT2D eigenvalue weighted by atomic mass is 32.2. The lowest BCUT2D eigenvalue weighted by Crippen LogP contribution is -2.33. The van der Waals surface area contributed by atoms with Crippen LogP contribution in [0.25, 0.3) is 0 Å². The first-order chi connectivity index (χ1) is 13.9. The molecule has 0 bridgehead atoms. The SMILES string of the molecule is CCCCn1nccc1NC(=O)c1ccc(OC)c(S(=O)(=O)NC2CCCC2)c1. The minimum atomic E-state index is -3.80. The number of sulfonamides is 1. The van der Waals surface area contributed by atoms with Gasteiger partial charge in [0.05, 0.1) is 13.3 Å². The van der Waals surface area contributed by atoms with E-state index in [1.165, 1.54) is 19.2 Å². The fourth-order valence-electron chi connectivity index (χ4n) is 3.47. The van der Waals surface area contributed by atoms with Crippen molar-refractivity contribution in [1.29, 1.82) is 0 Å². The van der Waals surface area contributed by atoms with Gasteiger partial charge in [-0.05, 0) is 37.5 Å². The van der Waals surface area contributed by atoms with Crippen LogP contribution in [0.1, 0.15) is 55.8 Å². The monoisotopic (exact) mass is 420 g/mol. The Bertz CT molecular complexity index is 949. The van der Waals surface area contributed by atoms with Gasteiger partial charge in [-0.2, -0.15) is 5.10 Å². The number of nitrogens with one attached hydrogen (secondary N) is 2. The maximum Gasteiger partial charge on any atom is 0.256 e. The zero-order valence-electron chi connectivity index (χ0n) is 16.8. The van der Waals surface area contributed by atoms with Crippen molar-refractivity contribution >= 4 is 21.7 Å². The Morgan fingerprint density at radius 2 is 2.03 bits per heavy atom. The summed E-state index contributed by atoms with van der Waals surface area (Å²) in [5.74, 6) is 0.385. The number of hydrogen-bond donors (Lipinski definition) is 2. The molecule has 3 rings (SSSR count). The van der Waals surface area contributed by atoms with Crippen LogP contribution < -0.4 is 14.8 Å². The Kier molecular flexibility index (Phi) is 6.92. The van der Waals surface area contributed by atoms with Crippen molar-refractivity contribution in [3.63, 3.8) is 0 Å². The number of carbonyl (C=O) groups is 1. The van der Waals surface area contributed by atoms with Crippen LogP contribution in [-0.2, 0) is 16.6 Å². The molecule has 0 unspecified atom stereocenters. The zero-order chi connectivity index (χ0) is 20.9. The molecule has 29 heavy (non-hydrogen) atoms. The first-order valence-electron chi connectivity index (χ1n) is 9.98. The smallest absolute Gasteiger partial charge is 0.256 e. The average molecular weight is 421 g/mol. The highest BCUT2D eigenvalue weighted by molar-refractivity contribution is 7.89. The van der Waals surface area contributed by atoms with Gasteiger partial charge in [-0.1, -0.05) is 26.2 Å². The molecule has 0 spiro atoms. The summed E-state index contributed by atoms with van der Waals surface area (Å²) in [7, 11) is -2.38. The molecule has 2 aromatic rings. The molecule has 0 atom stereocenters. The van der Waals surface area contributed by atoms with Crippen LogP contribution in [0.5, 0.6) is 5.75 Å². The van der Waals surface area contributed by atoms with Crippen LogP contribution in [0, 0.1) is 0 Å². The topological polar surface area (TPSA) is 102 Å². The van der Waals surface area contributed by atoms with Crippen LogP contribution in [0.4, 0.5) is 5.82 Å². The van der Waals surface area contributed by atoms with Crippen LogP contribution in [-0.4, -0.2) is 37.3 Å². The van der Waals surface area contributed by atoms with E-state index in [4.69, 9.17) is 4.74 Å². The van der Waals surface area contributed by atoms with Gasteiger partial charge in [-0.15, -0.1) is 0 Å². The highest BCUT2D eigenvalue weighted by Crippen LogP contribution is 2.27. The lowest BCUT2D eigenvalue weighted by Gasteiger charge is -2.16. The molecular formula is C20H28N4O4S. The summed E-state index contributed by atoms with van der Waals surface area (Å²) in [4.78, 5) is 12.7. The summed E-state index contributed by atoms with van der Waals surface area (Å²) in [5, 5.41) is 7.03. The number of ether oxygens (including phenoxy) is 1. The summed E-state index contributed by atoms with van der Waals surface area (Å²) in [6.45, 7) is 2.79. The average Bonchev–Trinajstić information content (AvgIpc) is 3.37. The van der Waals surface area contributed by atoms with E-state index in [9.17, 15) is 13.2 Å². The van der Waals surface area contributed by atoms with Crippen molar-refractivity contribution in [2.24, 2.45) is 0 Å². The number of hydrogen-bond acceptors (Lipinski definition) is 5.